The van der Waals surface area contributed by atoms with Crippen LogP contribution in [0.25, 0.3) is 21.9 Å². The van der Waals surface area contributed by atoms with Crippen molar-refractivity contribution in [2.24, 2.45) is 0 Å². The smallest absolute Gasteiger partial charge is 0.229 e. The largest absolute Gasteiger partial charge is 0.508 e. The van der Waals surface area contributed by atoms with Crippen LogP contribution in [0.1, 0.15) is 6.92 Å². The lowest BCUT2D eigenvalue weighted by Crippen LogP contribution is -2.64. The van der Waals surface area contributed by atoms with Crippen LogP contribution in [0.4, 0.5) is 0 Å². The Morgan fingerprint density at radius 3 is 2.24 bits per heavy atom. The number of hydrogen-bond donors (Lipinski definition) is 8. The zero-order chi connectivity index (χ0) is 29.7. The number of aliphatic hydroxyl groups is 6. The molecule has 0 unspecified atom stereocenters. The van der Waals surface area contributed by atoms with E-state index in [1.54, 1.807) is 0 Å². The molecule has 0 amide bonds. The van der Waals surface area contributed by atoms with E-state index in [1.165, 1.54) is 26.2 Å². The van der Waals surface area contributed by atoms with Crippen LogP contribution >= 0.6 is 0 Å². The van der Waals surface area contributed by atoms with E-state index in [-0.39, 0.29) is 39.2 Å². The summed E-state index contributed by atoms with van der Waals surface area (Å²) < 4.78 is 33.8. The quantitative estimate of drug-likeness (QED) is 0.153. The van der Waals surface area contributed by atoms with E-state index >= 15 is 0 Å². The van der Waals surface area contributed by atoms with E-state index in [4.69, 9.17) is 28.1 Å². The zero-order valence-corrected chi connectivity index (χ0v) is 21.7. The van der Waals surface area contributed by atoms with Gasteiger partial charge in [-0.15, -0.1) is 0 Å². The number of benzene rings is 2. The van der Waals surface area contributed by atoms with E-state index < -0.39 is 79.2 Å². The number of rotatable bonds is 6. The third-order valence-corrected chi connectivity index (χ3v) is 7.19. The Morgan fingerprint density at radius 1 is 0.829 bits per heavy atom. The Bertz CT molecular complexity index is 1470. The topological polar surface area (TPSA) is 238 Å². The molecule has 10 atom stereocenters. The molecule has 2 aromatic carbocycles. The van der Waals surface area contributed by atoms with Crippen LogP contribution in [0.15, 0.2) is 33.5 Å². The number of ether oxygens (including phenoxy) is 5. The van der Waals surface area contributed by atoms with Gasteiger partial charge in [0.25, 0.3) is 0 Å². The predicted molar refractivity (Wildman–Crippen MR) is 135 cm³/mol. The van der Waals surface area contributed by atoms with E-state index in [0.29, 0.717) is 0 Å². The molecule has 41 heavy (non-hydrogen) atoms. The Balaban J connectivity index is 1.53. The Hall–Kier alpha value is -3.25. The highest BCUT2D eigenvalue weighted by atomic mass is 16.8. The molecule has 8 N–H and O–H groups in total. The average molecular weight is 583 g/mol. The molecule has 15 heteroatoms. The lowest BCUT2D eigenvalue weighted by molar-refractivity contribution is -0.354. The predicted octanol–water partition coefficient (Wildman–Crippen LogP) is -1.60. The second-order valence-corrected chi connectivity index (χ2v) is 9.88. The molecular formula is C26H30O15. The number of methoxy groups -OCH3 is 1. The molecule has 0 spiro atoms. The average Bonchev–Trinajstić information content (AvgIpc) is 2.93. The van der Waals surface area contributed by atoms with E-state index in [9.17, 15) is 45.6 Å². The maximum atomic E-state index is 13.1. The monoisotopic (exact) mass is 582 g/mol. The van der Waals surface area contributed by atoms with Crippen LogP contribution in [0.5, 0.6) is 23.0 Å². The summed E-state index contributed by atoms with van der Waals surface area (Å²) in [5.41, 5.74) is -0.799. The van der Waals surface area contributed by atoms with Gasteiger partial charge in [-0.1, -0.05) is 0 Å². The number of aliphatic hydroxyl groups excluding tert-OH is 6. The molecule has 2 aliphatic rings. The third kappa shape index (κ3) is 5.16. The normalized spacial score (nSPS) is 34.1. The number of hydrogen-bond acceptors (Lipinski definition) is 15. The number of phenols is 2. The van der Waals surface area contributed by atoms with Crippen molar-refractivity contribution in [3.8, 4) is 23.0 Å². The third-order valence-electron chi connectivity index (χ3n) is 7.19. The van der Waals surface area contributed by atoms with Crippen molar-refractivity contribution >= 4 is 21.9 Å². The minimum absolute atomic E-state index is 0.0102. The van der Waals surface area contributed by atoms with Crippen molar-refractivity contribution in [3.63, 3.8) is 0 Å². The lowest BCUT2D eigenvalue weighted by atomic mass is 9.97. The minimum atomic E-state index is -1.76. The van der Waals surface area contributed by atoms with E-state index in [0.717, 1.165) is 12.1 Å². The van der Waals surface area contributed by atoms with Crippen molar-refractivity contribution in [2.45, 2.75) is 68.3 Å². The van der Waals surface area contributed by atoms with E-state index in [2.05, 4.69) is 0 Å². The van der Waals surface area contributed by atoms with Crippen LogP contribution in [-0.2, 0) is 14.2 Å². The molecule has 1 aromatic heterocycles. The molecule has 2 aliphatic heterocycles. The van der Waals surface area contributed by atoms with Gasteiger partial charge in [0.2, 0.25) is 11.7 Å². The standard InChI is InChI=1S/C26H30O15/c1-8-18(30)21(33)23(35)25(37-8)41-24-22(34)20(32)16(7-27)40-26(24)39-14-6-12-10(5-13(14)36-2)19(31)17-11(29)3-9(28)4-15(17)38-12/h3-6,8,16,18,20-30,32-35H,7H2,1-2H3/t8-,16-,18+,20-,21-,22+,23-,24-,25+,26-/m1/s1. The fourth-order valence-electron chi connectivity index (χ4n) is 4.91. The van der Waals surface area contributed by atoms with Crippen molar-refractivity contribution in [1.82, 2.24) is 0 Å². The lowest BCUT2D eigenvalue weighted by Gasteiger charge is -2.45. The van der Waals surface area contributed by atoms with Gasteiger partial charge in [-0.25, -0.2) is 0 Å². The summed E-state index contributed by atoms with van der Waals surface area (Å²) in [6.45, 7) is 0.698. The van der Waals surface area contributed by atoms with Crippen molar-refractivity contribution in [1.29, 1.82) is 0 Å². The molecule has 15 nitrogen and oxygen atoms in total. The first-order chi connectivity index (χ1) is 19.4. The molecule has 0 radical (unpaired) electrons. The van der Waals surface area contributed by atoms with Gasteiger partial charge in [0.05, 0.1) is 25.2 Å². The summed E-state index contributed by atoms with van der Waals surface area (Å²) in [6.07, 6.45) is -15.4. The SMILES string of the molecule is COc1cc2c(=O)c3c(O)cc(O)cc3oc2cc1O[C@@H]1O[C@H](CO)[C@@H](O)[C@H](O)[C@H]1O[C@@H]1O[C@H](C)[C@H](O)[C@@H](O)[C@H]1O. The fourth-order valence-corrected chi connectivity index (χ4v) is 4.91. The first kappa shape index (κ1) is 29.2. The summed E-state index contributed by atoms with van der Waals surface area (Å²) in [4.78, 5) is 13.1. The summed E-state index contributed by atoms with van der Waals surface area (Å²) in [6, 6.07) is 4.64. The zero-order valence-electron chi connectivity index (χ0n) is 21.7. The summed E-state index contributed by atoms with van der Waals surface area (Å²) >= 11 is 0. The van der Waals surface area contributed by atoms with E-state index in [1.807, 2.05) is 0 Å². The van der Waals surface area contributed by atoms with Gasteiger partial charge < -0.3 is 69.0 Å². The van der Waals surface area contributed by atoms with Crippen LogP contribution < -0.4 is 14.9 Å². The van der Waals surface area contributed by atoms with Crippen LogP contribution in [0.3, 0.4) is 0 Å². The molecular weight excluding hydrogens is 552 g/mol. The highest BCUT2D eigenvalue weighted by Crippen LogP contribution is 2.38. The Kier molecular flexibility index (Phi) is 7.99. The van der Waals surface area contributed by atoms with Crippen molar-refractivity contribution in [3.05, 3.63) is 34.5 Å². The van der Waals surface area contributed by atoms with Gasteiger partial charge in [-0.3, -0.25) is 4.79 Å². The number of aromatic hydroxyl groups is 2. The fraction of sp³-hybridized carbons (Fsp3) is 0.500. The molecule has 3 heterocycles. The maximum Gasteiger partial charge on any atom is 0.229 e. The van der Waals surface area contributed by atoms with Crippen LogP contribution in [0.2, 0.25) is 0 Å². The van der Waals surface area contributed by atoms with Crippen LogP contribution in [-0.4, -0.2) is 116 Å². The second kappa shape index (κ2) is 11.2. The second-order valence-electron chi connectivity index (χ2n) is 9.88. The van der Waals surface area contributed by atoms with Crippen LogP contribution in [0, 0.1) is 0 Å². The highest BCUT2D eigenvalue weighted by Gasteiger charge is 2.51. The molecule has 2 fully saturated rings. The van der Waals surface area contributed by atoms with Crippen molar-refractivity contribution < 1.29 is 69.0 Å². The molecule has 0 saturated carbocycles. The Morgan fingerprint density at radius 2 is 1.56 bits per heavy atom. The first-order valence-electron chi connectivity index (χ1n) is 12.6. The summed E-state index contributed by atoms with van der Waals surface area (Å²) in [5.74, 6) is -0.973. The van der Waals surface area contributed by atoms with Gasteiger partial charge in [0.1, 0.15) is 64.7 Å². The summed E-state index contributed by atoms with van der Waals surface area (Å²) in [7, 11) is 1.28. The number of fused-ring (bicyclic) bond motifs is 2. The molecule has 224 valence electrons. The van der Waals surface area contributed by atoms with Gasteiger partial charge in [0, 0.05) is 18.2 Å². The van der Waals surface area contributed by atoms with Gasteiger partial charge in [-0.2, -0.15) is 0 Å². The number of phenolic OH excluding ortho intramolecular Hbond substituents is 2. The maximum absolute atomic E-state index is 13.1. The van der Waals surface area contributed by atoms with Gasteiger partial charge >= 0.3 is 0 Å². The Labute approximate surface area is 230 Å². The highest BCUT2D eigenvalue weighted by molar-refractivity contribution is 5.94. The van der Waals surface area contributed by atoms with Crippen molar-refractivity contribution in [2.75, 3.05) is 13.7 Å². The van der Waals surface area contributed by atoms with Gasteiger partial charge in [0.15, 0.2) is 23.9 Å². The molecule has 2 saturated heterocycles. The van der Waals surface area contributed by atoms with Gasteiger partial charge in [-0.05, 0) is 13.0 Å². The minimum Gasteiger partial charge on any atom is -0.508 e. The molecule has 0 aliphatic carbocycles. The molecule has 5 rings (SSSR count). The molecule has 3 aromatic rings. The first-order valence-corrected chi connectivity index (χ1v) is 12.6. The molecule has 0 bridgehead atoms. The summed E-state index contributed by atoms with van der Waals surface area (Å²) in [5, 5.41) is 81.4.